The molecule has 1 amide bonds. The maximum atomic E-state index is 13.1. The molecule has 0 bridgehead atoms. The standard InChI is InChI=1S/C20H30N6O/c1-21-11-15-24(2)19-8-7-17(16-22-19)20(27)26-13-4-3-6-18(26)9-14-25-12-5-10-23-25/h5,7-8,10,12,16,18,21H,3-4,6,9,11,13-15H2,1-2H3/t18-/m0/s1. The minimum Gasteiger partial charge on any atom is -0.358 e. The molecule has 1 saturated heterocycles. The maximum Gasteiger partial charge on any atom is 0.255 e. The molecule has 1 aliphatic heterocycles. The predicted molar refractivity (Wildman–Crippen MR) is 107 cm³/mol. The van der Waals surface area contributed by atoms with Crippen molar-refractivity contribution in [3.05, 3.63) is 42.4 Å². The molecule has 0 aliphatic carbocycles. The van der Waals surface area contributed by atoms with Crippen LogP contribution in [0.5, 0.6) is 0 Å². The van der Waals surface area contributed by atoms with Crippen LogP contribution in [0, 0.1) is 0 Å². The molecule has 1 N–H and O–H groups in total. The number of aryl methyl sites for hydroxylation is 1. The Morgan fingerprint density at radius 3 is 2.96 bits per heavy atom. The fraction of sp³-hybridized carbons (Fsp3) is 0.550. The summed E-state index contributed by atoms with van der Waals surface area (Å²) in [7, 11) is 3.95. The number of nitrogens with one attached hydrogen (secondary N) is 1. The van der Waals surface area contributed by atoms with Crippen LogP contribution in [-0.2, 0) is 6.54 Å². The average molecular weight is 371 g/mol. The summed E-state index contributed by atoms with van der Waals surface area (Å²) in [5, 5.41) is 7.40. The number of amides is 1. The van der Waals surface area contributed by atoms with Crippen molar-refractivity contribution in [3.63, 3.8) is 0 Å². The highest BCUT2D eigenvalue weighted by molar-refractivity contribution is 5.94. The smallest absolute Gasteiger partial charge is 0.255 e. The van der Waals surface area contributed by atoms with Crippen LogP contribution in [0.3, 0.4) is 0 Å². The van der Waals surface area contributed by atoms with Crippen LogP contribution in [0.15, 0.2) is 36.8 Å². The first kappa shape index (κ1) is 19.4. The lowest BCUT2D eigenvalue weighted by molar-refractivity contribution is 0.0593. The molecule has 7 heteroatoms. The minimum atomic E-state index is 0.0945. The zero-order valence-electron chi connectivity index (χ0n) is 16.3. The third kappa shape index (κ3) is 5.07. The van der Waals surface area contributed by atoms with Gasteiger partial charge >= 0.3 is 0 Å². The molecule has 3 rings (SSSR count). The summed E-state index contributed by atoms with van der Waals surface area (Å²) in [6.45, 7) is 3.43. The molecule has 0 aromatic carbocycles. The molecule has 1 atom stereocenters. The Labute approximate surface area is 161 Å². The van der Waals surface area contributed by atoms with E-state index < -0.39 is 0 Å². The molecule has 3 heterocycles. The van der Waals surface area contributed by atoms with Gasteiger partial charge in [0.05, 0.1) is 5.56 Å². The summed E-state index contributed by atoms with van der Waals surface area (Å²) in [4.78, 5) is 21.7. The van der Waals surface area contributed by atoms with Gasteiger partial charge in [0.2, 0.25) is 0 Å². The van der Waals surface area contributed by atoms with Crippen molar-refractivity contribution in [3.8, 4) is 0 Å². The molecule has 2 aromatic heterocycles. The fourth-order valence-corrected chi connectivity index (χ4v) is 3.58. The van der Waals surface area contributed by atoms with Gasteiger partial charge in [-0.3, -0.25) is 9.48 Å². The number of rotatable bonds is 8. The van der Waals surface area contributed by atoms with E-state index in [9.17, 15) is 4.79 Å². The number of carbonyl (C=O) groups excluding carboxylic acids is 1. The quantitative estimate of drug-likeness (QED) is 0.770. The number of nitrogens with zero attached hydrogens (tertiary/aromatic N) is 5. The first-order valence-corrected chi connectivity index (χ1v) is 9.79. The van der Waals surface area contributed by atoms with Gasteiger partial charge in [0.15, 0.2) is 0 Å². The van der Waals surface area contributed by atoms with Gasteiger partial charge in [-0.2, -0.15) is 5.10 Å². The van der Waals surface area contributed by atoms with Crippen molar-refractivity contribution in [2.45, 2.75) is 38.3 Å². The highest BCUT2D eigenvalue weighted by Crippen LogP contribution is 2.23. The number of aromatic nitrogens is 3. The van der Waals surface area contributed by atoms with E-state index in [1.165, 1.54) is 6.42 Å². The fourth-order valence-electron chi connectivity index (χ4n) is 3.58. The second kappa shape index (κ2) is 9.50. The summed E-state index contributed by atoms with van der Waals surface area (Å²) < 4.78 is 1.94. The third-order valence-corrected chi connectivity index (χ3v) is 5.22. The largest absolute Gasteiger partial charge is 0.358 e. The molecule has 1 aliphatic rings. The van der Waals surface area contributed by atoms with Gasteiger partial charge in [0.25, 0.3) is 5.91 Å². The number of hydrogen-bond donors (Lipinski definition) is 1. The van der Waals surface area contributed by atoms with Gasteiger partial charge in [-0.25, -0.2) is 4.98 Å². The molecule has 27 heavy (non-hydrogen) atoms. The van der Waals surface area contributed by atoms with Gasteiger partial charge in [0, 0.05) is 57.9 Å². The first-order chi connectivity index (χ1) is 13.2. The van der Waals surface area contributed by atoms with Crippen molar-refractivity contribution in [2.24, 2.45) is 0 Å². The summed E-state index contributed by atoms with van der Waals surface area (Å²) in [5.74, 6) is 0.979. The maximum absolute atomic E-state index is 13.1. The molecule has 0 radical (unpaired) electrons. The van der Waals surface area contributed by atoms with Crippen molar-refractivity contribution in [2.75, 3.05) is 38.6 Å². The molecule has 2 aromatic rings. The topological polar surface area (TPSA) is 66.3 Å². The van der Waals surface area contributed by atoms with Crippen molar-refractivity contribution in [1.29, 1.82) is 0 Å². The second-order valence-corrected chi connectivity index (χ2v) is 7.14. The van der Waals surface area contributed by atoms with Crippen molar-refractivity contribution < 1.29 is 4.79 Å². The van der Waals surface area contributed by atoms with E-state index in [1.807, 2.05) is 48.1 Å². The second-order valence-electron chi connectivity index (χ2n) is 7.14. The minimum absolute atomic E-state index is 0.0945. The number of pyridine rings is 1. The Hall–Kier alpha value is -2.41. The number of carbonyl (C=O) groups is 1. The number of piperidine rings is 1. The van der Waals surface area contributed by atoms with E-state index in [4.69, 9.17) is 0 Å². The van der Waals surface area contributed by atoms with Gasteiger partial charge in [-0.05, 0) is 50.9 Å². The molecule has 0 saturated carbocycles. The van der Waals surface area contributed by atoms with Crippen LogP contribution in [0.4, 0.5) is 5.82 Å². The zero-order chi connectivity index (χ0) is 19.1. The summed E-state index contributed by atoms with van der Waals surface area (Å²) in [6, 6.07) is 6.05. The summed E-state index contributed by atoms with van der Waals surface area (Å²) >= 11 is 0. The monoisotopic (exact) mass is 370 g/mol. The molecule has 7 nitrogen and oxygen atoms in total. The van der Waals surface area contributed by atoms with Crippen molar-refractivity contribution in [1.82, 2.24) is 25.0 Å². The molecule has 1 fully saturated rings. The number of anilines is 1. The van der Waals surface area contributed by atoms with Gasteiger partial charge < -0.3 is 15.1 Å². The lowest BCUT2D eigenvalue weighted by Gasteiger charge is -2.36. The number of hydrogen-bond acceptors (Lipinski definition) is 5. The summed E-state index contributed by atoms with van der Waals surface area (Å²) in [5.41, 5.74) is 0.673. The molecule has 0 spiro atoms. The highest BCUT2D eigenvalue weighted by atomic mass is 16.2. The van der Waals surface area contributed by atoms with E-state index in [2.05, 4.69) is 20.3 Å². The Bertz CT molecular complexity index is 700. The first-order valence-electron chi connectivity index (χ1n) is 9.79. The third-order valence-electron chi connectivity index (χ3n) is 5.22. The van der Waals surface area contributed by atoms with E-state index >= 15 is 0 Å². The van der Waals surface area contributed by atoms with Crippen LogP contribution in [0.25, 0.3) is 0 Å². The number of likely N-dealkylation sites (tertiary alicyclic amines) is 1. The summed E-state index contributed by atoms with van der Waals surface area (Å²) in [6.07, 6.45) is 9.74. The van der Waals surface area contributed by atoms with Crippen LogP contribution in [0.2, 0.25) is 0 Å². The lowest BCUT2D eigenvalue weighted by Crippen LogP contribution is -2.44. The van der Waals surface area contributed by atoms with E-state index in [-0.39, 0.29) is 11.9 Å². The highest BCUT2D eigenvalue weighted by Gasteiger charge is 2.27. The predicted octanol–water partition coefficient (Wildman–Crippen LogP) is 2.02. The molecular formula is C20H30N6O. The molecule has 146 valence electrons. The van der Waals surface area contributed by atoms with E-state index in [0.29, 0.717) is 5.56 Å². The Morgan fingerprint density at radius 1 is 1.37 bits per heavy atom. The van der Waals surface area contributed by atoms with E-state index in [1.54, 1.807) is 12.4 Å². The Kier molecular flexibility index (Phi) is 6.81. The number of likely N-dealkylation sites (N-methyl/N-ethyl adjacent to an activating group) is 2. The van der Waals surface area contributed by atoms with Crippen LogP contribution >= 0.6 is 0 Å². The van der Waals surface area contributed by atoms with Crippen LogP contribution < -0.4 is 10.2 Å². The Morgan fingerprint density at radius 2 is 2.26 bits per heavy atom. The van der Waals surface area contributed by atoms with E-state index in [0.717, 1.165) is 51.3 Å². The van der Waals surface area contributed by atoms with Gasteiger partial charge in [-0.15, -0.1) is 0 Å². The van der Waals surface area contributed by atoms with Gasteiger partial charge in [0.1, 0.15) is 5.82 Å². The Balaban J connectivity index is 1.63. The van der Waals surface area contributed by atoms with Gasteiger partial charge in [-0.1, -0.05) is 0 Å². The van der Waals surface area contributed by atoms with Crippen LogP contribution in [-0.4, -0.2) is 65.3 Å². The normalized spacial score (nSPS) is 17.1. The zero-order valence-corrected chi connectivity index (χ0v) is 16.3. The lowest BCUT2D eigenvalue weighted by atomic mass is 9.98. The average Bonchev–Trinajstić information content (AvgIpc) is 3.24. The SMILES string of the molecule is CNCCN(C)c1ccc(C(=O)N2CCCC[C@H]2CCn2cccn2)cn1. The van der Waals surface area contributed by atoms with Crippen LogP contribution in [0.1, 0.15) is 36.0 Å². The molecule has 0 unspecified atom stereocenters. The van der Waals surface area contributed by atoms with Crippen molar-refractivity contribution >= 4 is 11.7 Å². The molecular weight excluding hydrogens is 340 g/mol.